The summed E-state index contributed by atoms with van der Waals surface area (Å²) in [5, 5.41) is 3.11. The average molecular weight is 364 g/mol. The van der Waals surface area contributed by atoms with Crippen LogP contribution in [-0.2, 0) is 7.05 Å². The Morgan fingerprint density at radius 1 is 1.19 bits per heavy atom. The minimum absolute atomic E-state index is 0.150. The second kappa shape index (κ2) is 7.95. The van der Waals surface area contributed by atoms with E-state index in [2.05, 4.69) is 10.3 Å². The lowest BCUT2D eigenvalue weighted by Gasteiger charge is -2.20. The van der Waals surface area contributed by atoms with Crippen molar-refractivity contribution in [3.05, 3.63) is 77.9 Å². The van der Waals surface area contributed by atoms with Crippen molar-refractivity contribution >= 4 is 11.6 Å². The number of rotatable bonds is 6. The lowest BCUT2D eigenvalue weighted by Crippen LogP contribution is -2.31. The molecule has 140 valence electrons. The van der Waals surface area contributed by atoms with Gasteiger partial charge in [-0.25, -0.2) is 4.98 Å². The molecule has 2 aromatic carbocycles. The molecular formula is C21H24N4O2. The largest absolute Gasteiger partial charge is 0.497 e. The summed E-state index contributed by atoms with van der Waals surface area (Å²) < 4.78 is 7.14. The first kappa shape index (κ1) is 18.5. The number of nitrogens with zero attached hydrogens (tertiary/aromatic N) is 3. The molecule has 0 aliphatic heterocycles. The first-order valence-electron chi connectivity index (χ1n) is 8.69. The van der Waals surface area contributed by atoms with E-state index in [1.807, 2.05) is 85.3 Å². The van der Waals surface area contributed by atoms with E-state index in [-0.39, 0.29) is 11.9 Å². The Bertz CT molecular complexity index is 916. The molecule has 3 aromatic rings. The molecule has 0 saturated heterocycles. The van der Waals surface area contributed by atoms with Crippen LogP contribution in [0.25, 0.3) is 0 Å². The summed E-state index contributed by atoms with van der Waals surface area (Å²) in [6, 6.07) is 14.8. The van der Waals surface area contributed by atoms with Gasteiger partial charge in [0.25, 0.3) is 5.91 Å². The van der Waals surface area contributed by atoms with Gasteiger partial charge in [-0.05, 0) is 35.9 Å². The van der Waals surface area contributed by atoms with Crippen LogP contribution in [0.1, 0.15) is 27.8 Å². The molecule has 0 fully saturated rings. The van der Waals surface area contributed by atoms with E-state index in [1.165, 1.54) is 0 Å². The van der Waals surface area contributed by atoms with Crippen LogP contribution in [0.15, 0.2) is 60.9 Å². The van der Waals surface area contributed by atoms with E-state index in [9.17, 15) is 4.79 Å². The number of nitrogens with one attached hydrogen (secondary N) is 1. The standard InChI is InChI=1S/C21H24N4O2/c1-24(2)17-7-5-6-16(14-17)21(26)23-19(20-22-12-13-25(20)3)15-8-10-18(27-4)11-9-15/h5-14,19H,1-4H3,(H,23,26). The highest BCUT2D eigenvalue weighted by Crippen LogP contribution is 2.24. The van der Waals surface area contributed by atoms with Gasteiger partial charge >= 0.3 is 0 Å². The Labute approximate surface area is 159 Å². The second-order valence-corrected chi connectivity index (χ2v) is 6.52. The molecular weight excluding hydrogens is 340 g/mol. The molecule has 6 heteroatoms. The fourth-order valence-electron chi connectivity index (χ4n) is 2.89. The molecule has 0 aliphatic carbocycles. The first-order valence-corrected chi connectivity index (χ1v) is 8.69. The summed E-state index contributed by atoms with van der Waals surface area (Å²) in [4.78, 5) is 19.3. The fraction of sp³-hybridized carbons (Fsp3) is 0.238. The number of amides is 1. The number of methoxy groups -OCH3 is 1. The van der Waals surface area contributed by atoms with Crippen LogP contribution in [0.4, 0.5) is 5.69 Å². The zero-order chi connectivity index (χ0) is 19.4. The molecule has 0 bridgehead atoms. The molecule has 1 unspecified atom stereocenters. The maximum Gasteiger partial charge on any atom is 0.252 e. The summed E-state index contributed by atoms with van der Waals surface area (Å²) >= 11 is 0. The van der Waals surface area contributed by atoms with Crippen molar-refractivity contribution < 1.29 is 9.53 Å². The Balaban J connectivity index is 1.92. The number of benzene rings is 2. The minimum Gasteiger partial charge on any atom is -0.497 e. The molecule has 1 aromatic heterocycles. The molecule has 0 aliphatic rings. The van der Waals surface area contributed by atoms with Gasteiger partial charge in [0.05, 0.1) is 7.11 Å². The van der Waals surface area contributed by atoms with Gasteiger partial charge in [-0.15, -0.1) is 0 Å². The lowest BCUT2D eigenvalue weighted by molar-refractivity contribution is 0.0941. The van der Waals surface area contributed by atoms with E-state index < -0.39 is 0 Å². The van der Waals surface area contributed by atoms with Gasteiger partial charge < -0.3 is 19.5 Å². The minimum atomic E-state index is -0.369. The molecule has 27 heavy (non-hydrogen) atoms. The number of carbonyl (C=O) groups excluding carboxylic acids is 1. The number of anilines is 1. The highest BCUT2D eigenvalue weighted by atomic mass is 16.5. The zero-order valence-electron chi connectivity index (χ0n) is 16.0. The zero-order valence-corrected chi connectivity index (χ0v) is 16.0. The van der Waals surface area contributed by atoms with Crippen LogP contribution >= 0.6 is 0 Å². The predicted molar refractivity (Wildman–Crippen MR) is 106 cm³/mol. The van der Waals surface area contributed by atoms with Crippen LogP contribution < -0.4 is 15.0 Å². The van der Waals surface area contributed by atoms with Crippen molar-refractivity contribution in [2.75, 3.05) is 26.1 Å². The van der Waals surface area contributed by atoms with Crippen LogP contribution in [0, 0.1) is 0 Å². The fourth-order valence-corrected chi connectivity index (χ4v) is 2.89. The maximum absolute atomic E-state index is 12.9. The molecule has 1 heterocycles. The summed E-state index contributed by atoms with van der Waals surface area (Å²) in [5.74, 6) is 1.38. The SMILES string of the molecule is COc1ccc(C(NC(=O)c2cccc(N(C)C)c2)c2nccn2C)cc1. The van der Waals surface area contributed by atoms with E-state index >= 15 is 0 Å². The van der Waals surface area contributed by atoms with E-state index in [0.29, 0.717) is 5.56 Å². The van der Waals surface area contributed by atoms with Crippen molar-refractivity contribution in [3.63, 3.8) is 0 Å². The van der Waals surface area contributed by atoms with Gasteiger partial charge in [0.1, 0.15) is 17.6 Å². The predicted octanol–water partition coefficient (Wildman–Crippen LogP) is 3.01. The lowest BCUT2D eigenvalue weighted by atomic mass is 10.0. The van der Waals surface area contributed by atoms with E-state index in [1.54, 1.807) is 13.3 Å². The Kier molecular flexibility index (Phi) is 5.45. The van der Waals surface area contributed by atoms with Crippen LogP contribution in [0.3, 0.4) is 0 Å². The van der Waals surface area contributed by atoms with Crippen molar-refractivity contribution in [1.82, 2.24) is 14.9 Å². The van der Waals surface area contributed by atoms with Crippen LogP contribution in [-0.4, -0.2) is 36.7 Å². The van der Waals surface area contributed by atoms with Gasteiger partial charge in [-0.2, -0.15) is 0 Å². The number of imidazole rings is 1. The molecule has 1 atom stereocenters. The summed E-state index contributed by atoms with van der Waals surface area (Å²) in [6.45, 7) is 0. The Morgan fingerprint density at radius 2 is 1.93 bits per heavy atom. The third-order valence-corrected chi connectivity index (χ3v) is 4.47. The van der Waals surface area contributed by atoms with Gasteiger partial charge in [-0.1, -0.05) is 18.2 Å². The van der Waals surface area contributed by atoms with Crippen molar-refractivity contribution in [2.24, 2.45) is 7.05 Å². The summed E-state index contributed by atoms with van der Waals surface area (Å²) in [6.07, 6.45) is 3.59. The number of hydrogen-bond donors (Lipinski definition) is 1. The third-order valence-electron chi connectivity index (χ3n) is 4.47. The number of hydrogen-bond acceptors (Lipinski definition) is 4. The Hall–Kier alpha value is -3.28. The van der Waals surface area contributed by atoms with E-state index in [0.717, 1.165) is 22.8 Å². The average Bonchev–Trinajstić information content (AvgIpc) is 3.11. The second-order valence-electron chi connectivity index (χ2n) is 6.52. The maximum atomic E-state index is 12.9. The molecule has 6 nitrogen and oxygen atoms in total. The highest BCUT2D eigenvalue weighted by molar-refractivity contribution is 5.95. The highest BCUT2D eigenvalue weighted by Gasteiger charge is 2.21. The van der Waals surface area contributed by atoms with Gasteiger partial charge in [0.2, 0.25) is 0 Å². The normalized spacial score (nSPS) is 11.7. The van der Waals surface area contributed by atoms with Gasteiger partial charge in [0, 0.05) is 44.8 Å². The summed E-state index contributed by atoms with van der Waals surface area (Å²) in [5.41, 5.74) is 2.51. The number of ether oxygens (including phenoxy) is 1. The van der Waals surface area contributed by atoms with Gasteiger partial charge in [-0.3, -0.25) is 4.79 Å². The Morgan fingerprint density at radius 3 is 2.52 bits per heavy atom. The quantitative estimate of drug-likeness (QED) is 0.730. The van der Waals surface area contributed by atoms with Gasteiger partial charge in [0.15, 0.2) is 0 Å². The molecule has 0 radical (unpaired) electrons. The van der Waals surface area contributed by atoms with Crippen LogP contribution in [0.5, 0.6) is 5.75 Å². The topological polar surface area (TPSA) is 59.4 Å². The number of aryl methyl sites for hydroxylation is 1. The van der Waals surface area contributed by atoms with Crippen LogP contribution in [0.2, 0.25) is 0 Å². The molecule has 1 N–H and O–H groups in total. The molecule has 1 amide bonds. The van der Waals surface area contributed by atoms with E-state index in [4.69, 9.17) is 4.74 Å². The first-order chi connectivity index (χ1) is 13.0. The van der Waals surface area contributed by atoms with Crippen molar-refractivity contribution in [3.8, 4) is 5.75 Å². The monoisotopic (exact) mass is 364 g/mol. The smallest absolute Gasteiger partial charge is 0.252 e. The molecule has 0 saturated carbocycles. The van der Waals surface area contributed by atoms with Crippen molar-refractivity contribution in [2.45, 2.75) is 6.04 Å². The molecule has 0 spiro atoms. The third kappa shape index (κ3) is 4.11. The number of aromatic nitrogens is 2. The number of carbonyl (C=O) groups is 1. The van der Waals surface area contributed by atoms with Crippen molar-refractivity contribution in [1.29, 1.82) is 0 Å². The summed E-state index contributed by atoms with van der Waals surface area (Å²) in [7, 11) is 7.44. The molecule has 3 rings (SSSR count).